The molecule has 0 amide bonds. The summed E-state index contributed by atoms with van der Waals surface area (Å²) in [5.74, 6) is -0.598. The highest BCUT2D eigenvalue weighted by Gasteiger charge is 2.12. The van der Waals surface area contributed by atoms with Gasteiger partial charge in [0.15, 0.2) is 0 Å². The molecule has 4 nitrogen and oxygen atoms in total. The highest BCUT2D eigenvalue weighted by molar-refractivity contribution is 5.68. The van der Waals surface area contributed by atoms with Crippen LogP contribution in [0.3, 0.4) is 0 Å². The number of carbonyl (C=O) groups is 1. The van der Waals surface area contributed by atoms with Crippen LogP contribution in [0.2, 0.25) is 0 Å². The molecule has 1 aromatic rings. The van der Waals surface area contributed by atoms with Crippen molar-refractivity contribution in [3.8, 4) is 5.75 Å². The van der Waals surface area contributed by atoms with Gasteiger partial charge in [-0.3, -0.25) is 4.79 Å². The number of rotatable bonds is 5. The highest BCUT2D eigenvalue weighted by atomic mass is 16.4. The molecule has 0 bridgehead atoms. The standard InChI is InChI=1S/C13H19NO3/c1-9(6-13(16)17)10-4-5-12(15)11(7-10)8-14(2)3/h4-5,7,9,15H,6,8H2,1-3H3,(H,16,17). The van der Waals surface area contributed by atoms with Crippen LogP contribution in [0.5, 0.6) is 5.75 Å². The lowest BCUT2D eigenvalue weighted by Crippen LogP contribution is -2.11. The molecule has 1 atom stereocenters. The molecular weight excluding hydrogens is 218 g/mol. The smallest absolute Gasteiger partial charge is 0.303 e. The van der Waals surface area contributed by atoms with Gasteiger partial charge in [-0.25, -0.2) is 0 Å². The molecule has 4 heteroatoms. The Bertz CT molecular complexity index is 402. The molecule has 0 saturated carbocycles. The number of phenolic OH excluding ortho intramolecular Hbond substituents is 1. The molecule has 0 saturated heterocycles. The number of carboxylic acids is 1. The Morgan fingerprint density at radius 1 is 1.41 bits per heavy atom. The Morgan fingerprint density at radius 3 is 2.59 bits per heavy atom. The van der Waals surface area contributed by atoms with E-state index in [1.54, 1.807) is 12.1 Å². The van der Waals surface area contributed by atoms with Crippen LogP contribution in [0.1, 0.15) is 30.4 Å². The predicted molar refractivity (Wildman–Crippen MR) is 66.2 cm³/mol. The molecule has 1 aromatic carbocycles. The van der Waals surface area contributed by atoms with E-state index in [1.807, 2.05) is 32.0 Å². The zero-order valence-corrected chi connectivity index (χ0v) is 10.5. The van der Waals surface area contributed by atoms with Crippen LogP contribution in [0.15, 0.2) is 18.2 Å². The summed E-state index contributed by atoms with van der Waals surface area (Å²) < 4.78 is 0. The van der Waals surface area contributed by atoms with E-state index in [-0.39, 0.29) is 18.1 Å². The molecule has 17 heavy (non-hydrogen) atoms. The normalized spacial score (nSPS) is 12.7. The van der Waals surface area contributed by atoms with Crippen LogP contribution in [-0.4, -0.2) is 35.2 Å². The Hall–Kier alpha value is -1.55. The van der Waals surface area contributed by atoms with Crippen molar-refractivity contribution in [2.45, 2.75) is 25.8 Å². The summed E-state index contributed by atoms with van der Waals surface area (Å²) in [5, 5.41) is 18.5. The van der Waals surface area contributed by atoms with Crippen LogP contribution in [0.25, 0.3) is 0 Å². The summed E-state index contributed by atoms with van der Waals surface area (Å²) in [6, 6.07) is 5.29. The van der Waals surface area contributed by atoms with Crippen molar-refractivity contribution >= 4 is 5.97 Å². The maximum atomic E-state index is 10.7. The van der Waals surface area contributed by atoms with Crippen LogP contribution < -0.4 is 0 Å². The summed E-state index contributed by atoms with van der Waals surface area (Å²) in [6.07, 6.45) is 0.103. The van der Waals surface area contributed by atoms with Gasteiger partial charge in [0, 0.05) is 12.1 Å². The van der Waals surface area contributed by atoms with Crippen LogP contribution in [0, 0.1) is 0 Å². The fourth-order valence-corrected chi connectivity index (χ4v) is 1.76. The Morgan fingerprint density at radius 2 is 2.06 bits per heavy atom. The second-order valence-corrected chi connectivity index (χ2v) is 4.62. The van der Waals surface area contributed by atoms with Crippen molar-refractivity contribution in [1.82, 2.24) is 4.90 Å². The lowest BCUT2D eigenvalue weighted by molar-refractivity contribution is -0.137. The minimum atomic E-state index is -0.806. The number of aliphatic carboxylic acids is 1. The second kappa shape index (κ2) is 5.68. The number of hydrogen-bond acceptors (Lipinski definition) is 3. The van der Waals surface area contributed by atoms with Crippen molar-refractivity contribution in [2.24, 2.45) is 0 Å². The molecule has 0 aliphatic heterocycles. The minimum absolute atomic E-state index is 0.0472. The third-order valence-corrected chi connectivity index (χ3v) is 2.64. The fourth-order valence-electron chi connectivity index (χ4n) is 1.76. The highest BCUT2D eigenvalue weighted by Crippen LogP contribution is 2.26. The number of aromatic hydroxyl groups is 1. The predicted octanol–water partition coefficient (Wildman–Crippen LogP) is 2.03. The van der Waals surface area contributed by atoms with Crippen molar-refractivity contribution < 1.29 is 15.0 Å². The maximum absolute atomic E-state index is 10.7. The first-order chi connectivity index (χ1) is 7.90. The maximum Gasteiger partial charge on any atom is 0.303 e. The zero-order valence-electron chi connectivity index (χ0n) is 10.5. The summed E-state index contributed by atoms with van der Waals surface area (Å²) in [4.78, 5) is 12.6. The first-order valence-corrected chi connectivity index (χ1v) is 5.58. The molecule has 94 valence electrons. The zero-order chi connectivity index (χ0) is 13.0. The van der Waals surface area contributed by atoms with E-state index >= 15 is 0 Å². The lowest BCUT2D eigenvalue weighted by atomic mass is 9.95. The molecule has 0 radical (unpaired) electrons. The van der Waals surface area contributed by atoms with Gasteiger partial charge in [-0.15, -0.1) is 0 Å². The number of nitrogens with zero attached hydrogens (tertiary/aromatic N) is 1. The third kappa shape index (κ3) is 4.07. The van der Waals surface area contributed by atoms with Gasteiger partial charge in [-0.1, -0.05) is 19.1 Å². The Labute approximate surface area is 101 Å². The minimum Gasteiger partial charge on any atom is -0.508 e. The topological polar surface area (TPSA) is 60.8 Å². The first kappa shape index (κ1) is 13.5. The quantitative estimate of drug-likeness (QED) is 0.822. The molecular formula is C13H19NO3. The van der Waals surface area contributed by atoms with Gasteiger partial charge in [0.1, 0.15) is 5.75 Å². The molecule has 0 aliphatic rings. The van der Waals surface area contributed by atoms with E-state index in [0.29, 0.717) is 6.54 Å². The van der Waals surface area contributed by atoms with E-state index in [0.717, 1.165) is 11.1 Å². The average molecular weight is 237 g/mol. The van der Waals surface area contributed by atoms with E-state index in [1.165, 1.54) is 0 Å². The molecule has 0 spiro atoms. The van der Waals surface area contributed by atoms with Crippen LogP contribution in [0.4, 0.5) is 0 Å². The largest absolute Gasteiger partial charge is 0.508 e. The van der Waals surface area contributed by atoms with Crippen molar-refractivity contribution in [2.75, 3.05) is 14.1 Å². The van der Waals surface area contributed by atoms with E-state index in [4.69, 9.17) is 5.11 Å². The second-order valence-electron chi connectivity index (χ2n) is 4.62. The number of carboxylic acid groups (broad SMARTS) is 1. The molecule has 0 aliphatic carbocycles. The molecule has 0 heterocycles. The van der Waals surface area contributed by atoms with Gasteiger partial charge in [0.2, 0.25) is 0 Å². The van der Waals surface area contributed by atoms with Gasteiger partial charge in [0.25, 0.3) is 0 Å². The van der Waals surface area contributed by atoms with Crippen LogP contribution in [-0.2, 0) is 11.3 Å². The Balaban J connectivity index is 2.91. The number of benzene rings is 1. The van der Waals surface area contributed by atoms with Crippen molar-refractivity contribution in [1.29, 1.82) is 0 Å². The Kier molecular flexibility index (Phi) is 4.52. The summed E-state index contributed by atoms with van der Waals surface area (Å²) in [7, 11) is 3.85. The van der Waals surface area contributed by atoms with E-state index in [9.17, 15) is 9.90 Å². The molecule has 0 aromatic heterocycles. The number of hydrogen-bond donors (Lipinski definition) is 2. The summed E-state index contributed by atoms with van der Waals surface area (Å²) in [6.45, 7) is 2.51. The lowest BCUT2D eigenvalue weighted by Gasteiger charge is -2.15. The first-order valence-electron chi connectivity index (χ1n) is 5.58. The van der Waals surface area contributed by atoms with Gasteiger partial charge in [-0.05, 0) is 31.6 Å². The summed E-state index contributed by atoms with van der Waals surface area (Å²) >= 11 is 0. The van der Waals surface area contributed by atoms with Crippen molar-refractivity contribution in [3.63, 3.8) is 0 Å². The van der Waals surface area contributed by atoms with Crippen molar-refractivity contribution in [3.05, 3.63) is 29.3 Å². The van der Waals surface area contributed by atoms with E-state index < -0.39 is 5.97 Å². The van der Waals surface area contributed by atoms with Gasteiger partial charge in [0.05, 0.1) is 6.42 Å². The average Bonchev–Trinajstić information content (AvgIpc) is 2.19. The fraction of sp³-hybridized carbons (Fsp3) is 0.462. The number of phenols is 1. The van der Waals surface area contributed by atoms with E-state index in [2.05, 4.69) is 0 Å². The third-order valence-electron chi connectivity index (χ3n) is 2.64. The van der Waals surface area contributed by atoms with Gasteiger partial charge < -0.3 is 15.1 Å². The molecule has 2 N–H and O–H groups in total. The monoisotopic (exact) mass is 237 g/mol. The molecule has 1 unspecified atom stereocenters. The van der Waals surface area contributed by atoms with Crippen LogP contribution >= 0.6 is 0 Å². The van der Waals surface area contributed by atoms with Gasteiger partial charge in [-0.2, -0.15) is 0 Å². The molecule has 1 rings (SSSR count). The van der Waals surface area contributed by atoms with Gasteiger partial charge >= 0.3 is 5.97 Å². The SMILES string of the molecule is CC(CC(=O)O)c1ccc(O)c(CN(C)C)c1. The summed E-state index contributed by atoms with van der Waals surface area (Å²) in [5.41, 5.74) is 1.77. The molecule has 0 fully saturated rings.